The Hall–Kier alpha value is -1.92. The molecule has 0 aromatic heterocycles. The van der Waals surface area contributed by atoms with Crippen LogP contribution in [0, 0.1) is 11.8 Å². The molecule has 0 radical (unpaired) electrons. The topological polar surface area (TPSA) is 110 Å². The van der Waals surface area contributed by atoms with Gasteiger partial charge >= 0.3 is 11.9 Å². The highest BCUT2D eigenvalue weighted by Gasteiger charge is 2.45. The van der Waals surface area contributed by atoms with Crippen LogP contribution in [0.5, 0.6) is 0 Å². The van der Waals surface area contributed by atoms with Gasteiger partial charge in [-0.25, -0.2) is 4.79 Å². The summed E-state index contributed by atoms with van der Waals surface area (Å²) in [6.07, 6.45) is 4.73. The average molecular weight is 365 g/mol. The van der Waals surface area contributed by atoms with Gasteiger partial charge in [0.15, 0.2) is 5.60 Å². The van der Waals surface area contributed by atoms with Crippen LogP contribution < -0.4 is 5.73 Å². The van der Waals surface area contributed by atoms with Crippen LogP contribution in [0.25, 0.3) is 0 Å². The van der Waals surface area contributed by atoms with Gasteiger partial charge in [0.2, 0.25) is 0 Å². The Kier molecular flexibility index (Phi) is 8.75. The summed E-state index contributed by atoms with van der Waals surface area (Å²) in [7, 11) is 1.34. The van der Waals surface area contributed by atoms with Crippen molar-refractivity contribution in [3.05, 3.63) is 35.9 Å². The predicted octanol–water partition coefficient (Wildman–Crippen LogP) is 2.68. The van der Waals surface area contributed by atoms with Gasteiger partial charge in [-0.05, 0) is 24.3 Å². The summed E-state index contributed by atoms with van der Waals surface area (Å²) in [6.45, 7) is 3.75. The number of benzene rings is 1. The summed E-state index contributed by atoms with van der Waals surface area (Å²) in [5.74, 6) is -1.49. The second kappa shape index (κ2) is 10.3. The summed E-state index contributed by atoms with van der Waals surface area (Å²) in [4.78, 5) is 22.1. The minimum absolute atomic E-state index is 0.150. The molecule has 6 heteroatoms. The van der Waals surface area contributed by atoms with Gasteiger partial charge in [-0.2, -0.15) is 0 Å². The van der Waals surface area contributed by atoms with Gasteiger partial charge < -0.3 is 20.7 Å². The minimum atomic E-state index is -1.72. The average Bonchev–Trinajstić information content (AvgIpc) is 2.67. The molecule has 1 aliphatic rings. The molecule has 0 bridgehead atoms. The molecular formula is C20H31NO5. The number of nitrogens with two attached hydrogens (primary N) is 1. The van der Waals surface area contributed by atoms with Crippen molar-refractivity contribution < 1.29 is 24.5 Å². The van der Waals surface area contributed by atoms with E-state index in [1.54, 1.807) is 24.3 Å². The third kappa shape index (κ3) is 5.54. The number of ether oxygens (including phenoxy) is 1. The molecular weight excluding hydrogens is 334 g/mol. The maximum absolute atomic E-state index is 11.5. The number of hydrogen-bond donors (Lipinski definition) is 3. The smallest absolute Gasteiger partial charge is 0.340 e. The Balaban J connectivity index is 0.000000321. The molecule has 0 heterocycles. The number of carboxylic acid groups (broad SMARTS) is 1. The fourth-order valence-corrected chi connectivity index (χ4v) is 3.15. The van der Waals surface area contributed by atoms with Gasteiger partial charge in [0.25, 0.3) is 0 Å². The quantitative estimate of drug-likeness (QED) is 0.692. The van der Waals surface area contributed by atoms with Gasteiger partial charge in [0, 0.05) is 5.92 Å². The van der Waals surface area contributed by atoms with E-state index in [1.807, 2.05) is 19.9 Å². The Morgan fingerprint density at radius 3 is 2.08 bits per heavy atom. The second-order valence-corrected chi connectivity index (χ2v) is 7.07. The number of aliphatic hydroxyl groups is 1. The fraction of sp³-hybridized carbons (Fsp3) is 0.600. The van der Waals surface area contributed by atoms with Gasteiger partial charge in [-0.15, -0.1) is 0 Å². The molecule has 0 aliphatic heterocycles. The predicted molar refractivity (Wildman–Crippen MR) is 99.4 cm³/mol. The van der Waals surface area contributed by atoms with Crippen LogP contribution in [0.15, 0.2) is 30.3 Å². The lowest BCUT2D eigenvalue weighted by molar-refractivity contribution is -0.168. The molecule has 1 aromatic carbocycles. The maximum atomic E-state index is 11.5. The van der Waals surface area contributed by atoms with E-state index in [1.165, 1.54) is 7.11 Å². The monoisotopic (exact) mass is 365 g/mol. The fourth-order valence-electron chi connectivity index (χ4n) is 3.15. The first kappa shape index (κ1) is 22.1. The molecule has 4 N–H and O–H groups in total. The van der Waals surface area contributed by atoms with E-state index >= 15 is 0 Å². The van der Waals surface area contributed by atoms with E-state index in [4.69, 9.17) is 5.73 Å². The van der Waals surface area contributed by atoms with Crippen LogP contribution in [0.3, 0.4) is 0 Å². The first-order chi connectivity index (χ1) is 12.2. The van der Waals surface area contributed by atoms with E-state index in [2.05, 4.69) is 4.74 Å². The molecule has 6 nitrogen and oxygen atoms in total. The number of carboxylic acids is 1. The van der Waals surface area contributed by atoms with Crippen molar-refractivity contribution in [1.82, 2.24) is 0 Å². The molecule has 0 saturated heterocycles. The third-order valence-electron chi connectivity index (χ3n) is 4.93. The van der Waals surface area contributed by atoms with Crippen LogP contribution >= 0.6 is 0 Å². The summed E-state index contributed by atoms with van der Waals surface area (Å²) < 4.78 is 4.41. The highest BCUT2D eigenvalue weighted by molar-refractivity contribution is 5.79. The normalized spacial score (nSPS) is 18.2. The highest BCUT2D eigenvalue weighted by Crippen LogP contribution is 2.39. The Morgan fingerprint density at radius 2 is 1.69 bits per heavy atom. The number of aliphatic carboxylic acids is 1. The van der Waals surface area contributed by atoms with Crippen LogP contribution in [0.1, 0.15) is 51.5 Å². The molecule has 1 saturated carbocycles. The summed E-state index contributed by atoms with van der Waals surface area (Å²) in [5, 5.41) is 20.0. The number of hydrogen-bond acceptors (Lipinski definition) is 5. The standard InChI is InChI=1S/C14H18O3.C6H13NO2/c15-13(16)14(17,11-7-3-1-4-8-11)12-9-5-2-6-10-12;1-4(2)5(7)6(8)9-3/h1,3-4,7-8,12,17H,2,5-6,9-10H2,(H,15,16);4-5H,7H2,1-3H3. The number of carbonyl (C=O) groups is 2. The first-order valence-corrected chi connectivity index (χ1v) is 9.09. The van der Waals surface area contributed by atoms with Crippen molar-refractivity contribution in [2.45, 2.75) is 57.6 Å². The molecule has 2 unspecified atom stereocenters. The second-order valence-electron chi connectivity index (χ2n) is 7.07. The van der Waals surface area contributed by atoms with E-state index in [0.717, 1.165) is 32.1 Å². The first-order valence-electron chi connectivity index (χ1n) is 9.09. The lowest BCUT2D eigenvalue weighted by Crippen LogP contribution is -2.43. The summed E-state index contributed by atoms with van der Waals surface area (Å²) in [6, 6.07) is 8.28. The zero-order valence-electron chi connectivity index (χ0n) is 15.9. The zero-order chi connectivity index (χ0) is 19.7. The van der Waals surface area contributed by atoms with Gasteiger partial charge in [-0.1, -0.05) is 63.4 Å². The Morgan fingerprint density at radius 1 is 1.15 bits per heavy atom. The largest absolute Gasteiger partial charge is 0.479 e. The molecule has 2 rings (SSSR count). The molecule has 146 valence electrons. The van der Waals surface area contributed by atoms with Crippen molar-refractivity contribution in [1.29, 1.82) is 0 Å². The Labute approximate surface area is 155 Å². The molecule has 0 amide bonds. The number of methoxy groups -OCH3 is 1. The molecule has 1 aromatic rings. The van der Waals surface area contributed by atoms with Crippen LogP contribution in [0.2, 0.25) is 0 Å². The van der Waals surface area contributed by atoms with E-state index in [-0.39, 0.29) is 17.8 Å². The maximum Gasteiger partial charge on any atom is 0.340 e. The van der Waals surface area contributed by atoms with E-state index in [0.29, 0.717) is 5.56 Å². The Bertz CT molecular complexity index is 569. The number of rotatable bonds is 5. The van der Waals surface area contributed by atoms with E-state index in [9.17, 15) is 19.8 Å². The van der Waals surface area contributed by atoms with Crippen LogP contribution in [-0.4, -0.2) is 35.3 Å². The van der Waals surface area contributed by atoms with E-state index < -0.39 is 17.6 Å². The molecule has 26 heavy (non-hydrogen) atoms. The highest BCUT2D eigenvalue weighted by atomic mass is 16.5. The molecule has 2 atom stereocenters. The van der Waals surface area contributed by atoms with Gasteiger partial charge in [-0.3, -0.25) is 4.79 Å². The van der Waals surface area contributed by atoms with Crippen molar-refractivity contribution in [2.24, 2.45) is 17.6 Å². The summed E-state index contributed by atoms with van der Waals surface area (Å²) in [5.41, 5.74) is 4.17. The zero-order valence-corrected chi connectivity index (χ0v) is 15.9. The number of carbonyl (C=O) groups excluding carboxylic acids is 1. The van der Waals surface area contributed by atoms with Crippen molar-refractivity contribution in [2.75, 3.05) is 7.11 Å². The lowest BCUT2D eigenvalue weighted by atomic mass is 9.73. The van der Waals surface area contributed by atoms with Gasteiger partial charge in [0.05, 0.1) is 7.11 Å². The van der Waals surface area contributed by atoms with Crippen LogP contribution in [-0.2, 0) is 19.9 Å². The van der Waals surface area contributed by atoms with Crippen molar-refractivity contribution in [3.8, 4) is 0 Å². The summed E-state index contributed by atoms with van der Waals surface area (Å²) >= 11 is 0. The third-order valence-corrected chi connectivity index (χ3v) is 4.93. The molecule has 0 spiro atoms. The molecule has 1 aliphatic carbocycles. The minimum Gasteiger partial charge on any atom is -0.479 e. The van der Waals surface area contributed by atoms with Crippen LogP contribution in [0.4, 0.5) is 0 Å². The van der Waals surface area contributed by atoms with Crippen molar-refractivity contribution in [3.63, 3.8) is 0 Å². The SMILES string of the molecule is COC(=O)C(N)C(C)C.O=C(O)C(O)(c1ccccc1)C1CCCCC1. The van der Waals surface area contributed by atoms with Gasteiger partial charge in [0.1, 0.15) is 6.04 Å². The lowest BCUT2D eigenvalue weighted by Gasteiger charge is -2.35. The molecule has 1 fully saturated rings. The van der Waals surface area contributed by atoms with Crippen molar-refractivity contribution >= 4 is 11.9 Å². The number of esters is 1.